The van der Waals surface area contributed by atoms with E-state index in [1.165, 1.54) is 18.2 Å². The number of ether oxygens (including phenoxy) is 1. The molecule has 0 saturated carbocycles. The second-order valence-corrected chi connectivity index (χ2v) is 5.27. The maximum atomic E-state index is 11.8. The summed E-state index contributed by atoms with van der Waals surface area (Å²) in [5.41, 5.74) is 3.71. The van der Waals surface area contributed by atoms with Crippen molar-refractivity contribution < 1.29 is 14.3 Å². The smallest absolute Gasteiger partial charge is 0.268 e. The molecule has 0 unspecified atom stereocenters. The molecule has 0 saturated heterocycles. The number of carbonyl (C=O) groups is 2. The van der Waals surface area contributed by atoms with Gasteiger partial charge in [-0.3, -0.25) is 9.59 Å². The molecule has 1 aliphatic rings. The molecule has 6 heteroatoms. The molecule has 0 aliphatic heterocycles. The van der Waals surface area contributed by atoms with Gasteiger partial charge in [0.25, 0.3) is 5.78 Å². The third-order valence-electron chi connectivity index (χ3n) is 3.73. The van der Waals surface area contributed by atoms with Gasteiger partial charge in [0.05, 0.1) is 11.4 Å². The van der Waals surface area contributed by atoms with Crippen molar-refractivity contribution in [3.8, 4) is 28.5 Å². The summed E-state index contributed by atoms with van der Waals surface area (Å²) in [4.78, 5) is 32.6. The summed E-state index contributed by atoms with van der Waals surface area (Å²) >= 11 is 0. The Labute approximate surface area is 136 Å². The van der Waals surface area contributed by atoms with Crippen molar-refractivity contribution in [3.05, 3.63) is 66.7 Å². The Kier molecular flexibility index (Phi) is 3.28. The zero-order valence-corrected chi connectivity index (χ0v) is 12.5. The summed E-state index contributed by atoms with van der Waals surface area (Å²) in [7, 11) is 0. The predicted octanol–water partition coefficient (Wildman–Crippen LogP) is 2.98. The van der Waals surface area contributed by atoms with E-state index in [9.17, 15) is 9.59 Å². The molecular formula is C18H13N3O3. The van der Waals surface area contributed by atoms with Gasteiger partial charge in [-0.2, -0.15) is 0 Å². The molecule has 6 nitrogen and oxygen atoms in total. The van der Waals surface area contributed by atoms with E-state index in [1.54, 1.807) is 6.07 Å². The molecule has 3 N–H and O–H groups in total. The van der Waals surface area contributed by atoms with E-state index < -0.39 is 11.6 Å². The lowest BCUT2D eigenvalue weighted by atomic mass is 10.1. The highest BCUT2D eigenvalue weighted by Gasteiger charge is 2.22. The summed E-state index contributed by atoms with van der Waals surface area (Å²) in [6.45, 7) is 0. The Bertz CT molecular complexity index is 971. The minimum absolute atomic E-state index is 0.00646. The van der Waals surface area contributed by atoms with Crippen LogP contribution < -0.4 is 4.74 Å². The highest BCUT2D eigenvalue weighted by molar-refractivity contribution is 6.47. The number of nitrogens with one attached hydrogen (secondary N) is 3. The van der Waals surface area contributed by atoms with Crippen molar-refractivity contribution in [2.75, 3.05) is 0 Å². The van der Waals surface area contributed by atoms with E-state index in [-0.39, 0.29) is 5.76 Å². The van der Waals surface area contributed by atoms with Gasteiger partial charge in [-0.1, -0.05) is 6.08 Å². The molecule has 0 atom stereocenters. The van der Waals surface area contributed by atoms with Crippen LogP contribution in [0, 0.1) is 0 Å². The Morgan fingerprint density at radius 3 is 2.67 bits per heavy atom. The fourth-order valence-electron chi connectivity index (χ4n) is 2.59. The van der Waals surface area contributed by atoms with Gasteiger partial charge in [0.1, 0.15) is 0 Å². The van der Waals surface area contributed by atoms with Gasteiger partial charge >= 0.3 is 0 Å². The Hall–Kier alpha value is -3.54. The average Bonchev–Trinajstić information content (AvgIpc) is 3.30. The topological polar surface area (TPSA) is 90.7 Å². The van der Waals surface area contributed by atoms with Gasteiger partial charge in [-0.25, -0.2) is 0 Å². The van der Waals surface area contributed by atoms with E-state index in [0.717, 1.165) is 22.6 Å². The number of aromatic amines is 3. The SMILES string of the molecule is O=C1C=CC=C(Oc2ccc(-c3[nH]ccc3-c3ccc[nH]3)[nH]2)C1=O. The van der Waals surface area contributed by atoms with Crippen molar-refractivity contribution in [1.82, 2.24) is 15.0 Å². The lowest BCUT2D eigenvalue weighted by Crippen LogP contribution is -2.20. The molecule has 3 heterocycles. The third kappa shape index (κ3) is 2.40. The maximum absolute atomic E-state index is 11.8. The number of carbonyl (C=O) groups excluding carboxylic acids is 2. The minimum atomic E-state index is -0.652. The van der Waals surface area contributed by atoms with Gasteiger partial charge in [0, 0.05) is 29.7 Å². The minimum Gasteiger partial charge on any atom is -0.437 e. The molecule has 118 valence electrons. The van der Waals surface area contributed by atoms with Crippen molar-refractivity contribution in [2.24, 2.45) is 0 Å². The fourth-order valence-corrected chi connectivity index (χ4v) is 2.59. The summed E-state index contributed by atoms with van der Waals surface area (Å²) in [6.07, 6.45) is 7.90. The van der Waals surface area contributed by atoms with Crippen molar-refractivity contribution in [2.45, 2.75) is 0 Å². The largest absolute Gasteiger partial charge is 0.437 e. The molecule has 0 amide bonds. The van der Waals surface area contributed by atoms with Crippen molar-refractivity contribution in [3.63, 3.8) is 0 Å². The second-order valence-electron chi connectivity index (χ2n) is 5.27. The van der Waals surface area contributed by atoms with E-state index in [0.29, 0.717) is 5.88 Å². The molecule has 1 aliphatic carbocycles. The molecule has 0 fully saturated rings. The number of rotatable bonds is 4. The number of hydrogen-bond donors (Lipinski definition) is 3. The standard InChI is InChI=1S/C18H13N3O3/c22-14-4-1-5-15(18(14)23)24-16-7-6-13(21-16)17-11(8-10-20-17)12-3-2-9-19-12/h1-10,19-21H. The van der Waals surface area contributed by atoms with Crippen LogP contribution in [-0.2, 0) is 9.59 Å². The van der Waals surface area contributed by atoms with Gasteiger partial charge in [0.2, 0.25) is 5.78 Å². The monoisotopic (exact) mass is 319 g/mol. The van der Waals surface area contributed by atoms with E-state index in [2.05, 4.69) is 15.0 Å². The van der Waals surface area contributed by atoms with Crippen LogP contribution in [0.4, 0.5) is 0 Å². The molecule has 0 aromatic carbocycles. The molecule has 4 rings (SSSR count). The quantitative estimate of drug-likeness (QED) is 0.510. The highest BCUT2D eigenvalue weighted by atomic mass is 16.5. The molecule has 0 radical (unpaired) electrons. The van der Waals surface area contributed by atoms with Crippen LogP contribution in [-0.4, -0.2) is 26.5 Å². The number of Topliss-reactive ketones (excluding diaryl/α,β-unsaturated/α-hetero) is 1. The lowest BCUT2D eigenvalue weighted by Gasteiger charge is -2.07. The van der Waals surface area contributed by atoms with Crippen LogP contribution >= 0.6 is 0 Å². The molecule has 24 heavy (non-hydrogen) atoms. The first kappa shape index (κ1) is 14.1. The van der Waals surface area contributed by atoms with Crippen LogP contribution in [0.1, 0.15) is 0 Å². The first-order valence-electron chi connectivity index (χ1n) is 7.38. The molecule has 3 aromatic rings. The van der Waals surface area contributed by atoms with Crippen molar-refractivity contribution >= 4 is 11.6 Å². The van der Waals surface area contributed by atoms with E-state index in [1.807, 2.05) is 36.7 Å². The normalized spacial score (nSPS) is 14.1. The number of ketones is 2. The van der Waals surface area contributed by atoms with Crippen LogP contribution in [0.25, 0.3) is 22.6 Å². The number of allylic oxidation sites excluding steroid dienone is 4. The Morgan fingerprint density at radius 2 is 1.83 bits per heavy atom. The van der Waals surface area contributed by atoms with E-state index in [4.69, 9.17) is 4.74 Å². The predicted molar refractivity (Wildman–Crippen MR) is 88.2 cm³/mol. The second kappa shape index (κ2) is 5.58. The maximum Gasteiger partial charge on any atom is 0.268 e. The molecule has 0 bridgehead atoms. The first-order chi connectivity index (χ1) is 11.7. The van der Waals surface area contributed by atoms with Gasteiger partial charge in [0.15, 0.2) is 11.6 Å². The van der Waals surface area contributed by atoms with Crippen LogP contribution in [0.15, 0.2) is 66.7 Å². The van der Waals surface area contributed by atoms with Gasteiger partial charge in [-0.15, -0.1) is 0 Å². The zero-order chi connectivity index (χ0) is 16.5. The van der Waals surface area contributed by atoms with Crippen LogP contribution in [0.3, 0.4) is 0 Å². The molecular weight excluding hydrogens is 306 g/mol. The van der Waals surface area contributed by atoms with Crippen molar-refractivity contribution in [1.29, 1.82) is 0 Å². The van der Waals surface area contributed by atoms with E-state index >= 15 is 0 Å². The molecule has 3 aromatic heterocycles. The summed E-state index contributed by atoms with van der Waals surface area (Å²) in [6, 6.07) is 9.45. The van der Waals surface area contributed by atoms with Crippen LogP contribution in [0.2, 0.25) is 0 Å². The Morgan fingerprint density at radius 1 is 0.917 bits per heavy atom. The van der Waals surface area contributed by atoms with Gasteiger partial charge < -0.3 is 19.7 Å². The Balaban J connectivity index is 1.62. The number of hydrogen-bond acceptors (Lipinski definition) is 3. The third-order valence-corrected chi connectivity index (χ3v) is 3.73. The lowest BCUT2D eigenvalue weighted by molar-refractivity contribution is -0.132. The summed E-state index contributed by atoms with van der Waals surface area (Å²) in [5.74, 6) is -0.843. The zero-order valence-electron chi connectivity index (χ0n) is 12.5. The van der Waals surface area contributed by atoms with Crippen LogP contribution in [0.5, 0.6) is 5.88 Å². The summed E-state index contributed by atoms with van der Waals surface area (Å²) in [5, 5.41) is 0. The summed E-state index contributed by atoms with van der Waals surface area (Å²) < 4.78 is 5.51. The number of H-pyrrole nitrogens is 3. The number of aromatic nitrogens is 3. The van der Waals surface area contributed by atoms with Gasteiger partial charge in [-0.05, 0) is 36.4 Å². The first-order valence-corrected chi connectivity index (χ1v) is 7.38. The highest BCUT2D eigenvalue weighted by Crippen LogP contribution is 2.31. The molecule has 0 spiro atoms. The average molecular weight is 319 g/mol. The fraction of sp³-hybridized carbons (Fsp3) is 0.